The van der Waals surface area contributed by atoms with Crippen LogP contribution in [0.3, 0.4) is 0 Å². The van der Waals surface area contributed by atoms with Crippen molar-refractivity contribution in [1.82, 2.24) is 15.3 Å². The molecule has 0 aliphatic carbocycles. The van der Waals surface area contributed by atoms with Crippen LogP contribution in [0.2, 0.25) is 0 Å². The van der Waals surface area contributed by atoms with Gasteiger partial charge in [0.25, 0.3) is 6.01 Å². The van der Waals surface area contributed by atoms with E-state index in [1.165, 1.54) is 0 Å². The van der Waals surface area contributed by atoms with Crippen molar-refractivity contribution in [3.8, 4) is 0 Å². The zero-order chi connectivity index (χ0) is 11.0. The van der Waals surface area contributed by atoms with Crippen LogP contribution >= 0.6 is 0 Å². The summed E-state index contributed by atoms with van der Waals surface area (Å²) >= 11 is 0. The molecule has 0 spiro atoms. The summed E-state index contributed by atoms with van der Waals surface area (Å²) in [6, 6.07) is 4.90. The van der Waals surface area contributed by atoms with E-state index < -0.39 is 0 Å². The van der Waals surface area contributed by atoms with Crippen LogP contribution < -0.4 is 10.2 Å². The standard InChI is InChI=1S/C11H14N4O/c1-15(8-4-6-12-7-8)11-14-9-3-2-5-13-10(9)16-11/h2-3,5,8,12H,4,6-7H2,1H3. The minimum atomic E-state index is 0.466. The van der Waals surface area contributed by atoms with Crippen molar-refractivity contribution in [2.75, 3.05) is 25.0 Å². The normalized spacial score (nSPS) is 20.4. The topological polar surface area (TPSA) is 54.2 Å². The first-order chi connectivity index (χ1) is 7.84. The van der Waals surface area contributed by atoms with E-state index in [1.54, 1.807) is 6.20 Å². The van der Waals surface area contributed by atoms with Gasteiger partial charge >= 0.3 is 0 Å². The number of rotatable bonds is 2. The molecule has 1 unspecified atom stereocenters. The molecule has 0 aromatic carbocycles. The van der Waals surface area contributed by atoms with E-state index in [-0.39, 0.29) is 0 Å². The summed E-state index contributed by atoms with van der Waals surface area (Å²) in [5, 5.41) is 3.33. The Balaban J connectivity index is 1.92. The van der Waals surface area contributed by atoms with Gasteiger partial charge in [0, 0.05) is 25.8 Å². The van der Waals surface area contributed by atoms with Crippen LogP contribution in [0.25, 0.3) is 11.2 Å². The number of fused-ring (bicyclic) bond motifs is 1. The fourth-order valence-electron chi connectivity index (χ4n) is 2.04. The lowest BCUT2D eigenvalue weighted by Gasteiger charge is -2.20. The molecule has 0 saturated carbocycles. The summed E-state index contributed by atoms with van der Waals surface area (Å²) in [6.45, 7) is 2.05. The van der Waals surface area contributed by atoms with Gasteiger partial charge in [0.2, 0.25) is 5.71 Å². The molecule has 84 valence electrons. The average Bonchev–Trinajstić information content (AvgIpc) is 2.97. The molecular weight excluding hydrogens is 204 g/mol. The molecule has 1 atom stereocenters. The summed E-state index contributed by atoms with van der Waals surface area (Å²) in [6.07, 6.45) is 2.84. The molecular formula is C11H14N4O. The first kappa shape index (κ1) is 9.59. The Hall–Kier alpha value is -1.62. The van der Waals surface area contributed by atoms with E-state index in [0.29, 0.717) is 17.8 Å². The Labute approximate surface area is 93.5 Å². The quantitative estimate of drug-likeness (QED) is 0.815. The number of hydrogen-bond donors (Lipinski definition) is 1. The van der Waals surface area contributed by atoms with Crippen LogP contribution in [0, 0.1) is 0 Å². The summed E-state index contributed by atoms with van der Waals surface area (Å²) in [5.41, 5.74) is 1.42. The van der Waals surface area contributed by atoms with E-state index >= 15 is 0 Å². The molecule has 2 aromatic rings. The molecule has 0 bridgehead atoms. The highest BCUT2D eigenvalue weighted by molar-refractivity contribution is 5.69. The largest absolute Gasteiger partial charge is 0.404 e. The molecule has 3 rings (SSSR count). The summed E-state index contributed by atoms with van der Waals surface area (Å²) < 4.78 is 5.62. The van der Waals surface area contributed by atoms with Gasteiger partial charge in [-0.2, -0.15) is 4.98 Å². The number of hydrogen-bond acceptors (Lipinski definition) is 5. The van der Waals surface area contributed by atoms with Crippen molar-refractivity contribution >= 4 is 17.2 Å². The molecule has 2 aromatic heterocycles. The number of aromatic nitrogens is 2. The molecule has 16 heavy (non-hydrogen) atoms. The monoisotopic (exact) mass is 218 g/mol. The Bertz CT molecular complexity index is 456. The van der Waals surface area contributed by atoms with Gasteiger partial charge in [0.1, 0.15) is 5.52 Å². The predicted octanol–water partition coefficient (Wildman–Crippen LogP) is 1.02. The van der Waals surface area contributed by atoms with Crippen LogP contribution in [0.15, 0.2) is 22.7 Å². The molecule has 1 fully saturated rings. The second-order valence-electron chi connectivity index (χ2n) is 4.08. The van der Waals surface area contributed by atoms with Gasteiger partial charge in [-0.3, -0.25) is 0 Å². The fourth-order valence-corrected chi connectivity index (χ4v) is 2.04. The molecule has 3 heterocycles. The van der Waals surface area contributed by atoms with Gasteiger partial charge < -0.3 is 14.6 Å². The summed E-state index contributed by atoms with van der Waals surface area (Å²) in [4.78, 5) is 10.7. The van der Waals surface area contributed by atoms with E-state index in [0.717, 1.165) is 25.0 Å². The van der Waals surface area contributed by atoms with Crippen molar-refractivity contribution in [3.63, 3.8) is 0 Å². The molecule has 5 nitrogen and oxygen atoms in total. The van der Waals surface area contributed by atoms with Gasteiger partial charge in [0.05, 0.1) is 0 Å². The highest BCUT2D eigenvalue weighted by atomic mass is 16.4. The van der Waals surface area contributed by atoms with Crippen LogP contribution in [0.4, 0.5) is 6.01 Å². The zero-order valence-corrected chi connectivity index (χ0v) is 9.18. The molecule has 1 N–H and O–H groups in total. The van der Waals surface area contributed by atoms with Gasteiger partial charge in [-0.1, -0.05) is 0 Å². The van der Waals surface area contributed by atoms with Gasteiger partial charge in [-0.25, -0.2) is 4.98 Å². The Morgan fingerprint density at radius 1 is 1.56 bits per heavy atom. The lowest BCUT2D eigenvalue weighted by Crippen LogP contribution is -2.33. The number of pyridine rings is 1. The SMILES string of the molecule is CN(c1nc2cccnc2o1)C1CCNC1. The Morgan fingerprint density at radius 3 is 3.25 bits per heavy atom. The maximum atomic E-state index is 5.62. The van der Waals surface area contributed by atoms with Crippen LogP contribution in [0.1, 0.15) is 6.42 Å². The lowest BCUT2D eigenvalue weighted by molar-refractivity contribution is 0.541. The number of anilines is 1. The van der Waals surface area contributed by atoms with Crippen molar-refractivity contribution in [2.45, 2.75) is 12.5 Å². The van der Waals surface area contributed by atoms with Crippen LogP contribution in [-0.4, -0.2) is 36.1 Å². The Kier molecular flexibility index (Phi) is 2.25. The third-order valence-corrected chi connectivity index (χ3v) is 3.04. The molecule has 1 aliphatic heterocycles. The number of nitrogens with one attached hydrogen (secondary N) is 1. The summed E-state index contributed by atoms with van der Waals surface area (Å²) in [5.74, 6) is 0. The average molecular weight is 218 g/mol. The second-order valence-corrected chi connectivity index (χ2v) is 4.08. The highest BCUT2D eigenvalue weighted by Crippen LogP contribution is 2.21. The zero-order valence-electron chi connectivity index (χ0n) is 9.18. The molecule has 5 heteroatoms. The third-order valence-electron chi connectivity index (χ3n) is 3.04. The van der Waals surface area contributed by atoms with E-state index in [1.807, 2.05) is 19.2 Å². The number of nitrogens with zero attached hydrogens (tertiary/aromatic N) is 3. The number of likely N-dealkylation sites (N-methyl/N-ethyl adjacent to an activating group) is 1. The lowest BCUT2D eigenvalue weighted by atomic mass is 10.2. The number of oxazole rings is 1. The smallest absolute Gasteiger partial charge is 0.299 e. The highest BCUT2D eigenvalue weighted by Gasteiger charge is 2.22. The van der Waals surface area contributed by atoms with Crippen molar-refractivity contribution in [3.05, 3.63) is 18.3 Å². The van der Waals surface area contributed by atoms with Gasteiger partial charge in [-0.05, 0) is 25.1 Å². The molecule has 0 amide bonds. The Morgan fingerprint density at radius 2 is 2.50 bits per heavy atom. The molecule has 1 aliphatic rings. The first-order valence-corrected chi connectivity index (χ1v) is 5.50. The van der Waals surface area contributed by atoms with E-state index in [9.17, 15) is 0 Å². The van der Waals surface area contributed by atoms with E-state index in [2.05, 4.69) is 20.2 Å². The van der Waals surface area contributed by atoms with Crippen molar-refractivity contribution < 1.29 is 4.42 Å². The van der Waals surface area contributed by atoms with Crippen LogP contribution in [0.5, 0.6) is 0 Å². The van der Waals surface area contributed by atoms with E-state index in [4.69, 9.17) is 4.42 Å². The maximum absolute atomic E-state index is 5.62. The summed E-state index contributed by atoms with van der Waals surface area (Å²) in [7, 11) is 2.02. The van der Waals surface area contributed by atoms with Crippen molar-refractivity contribution in [1.29, 1.82) is 0 Å². The molecule has 0 radical (unpaired) electrons. The first-order valence-electron chi connectivity index (χ1n) is 5.50. The predicted molar refractivity (Wildman–Crippen MR) is 61.5 cm³/mol. The maximum Gasteiger partial charge on any atom is 0.299 e. The fraction of sp³-hybridized carbons (Fsp3) is 0.455. The van der Waals surface area contributed by atoms with Gasteiger partial charge in [0.15, 0.2) is 0 Å². The van der Waals surface area contributed by atoms with Crippen molar-refractivity contribution in [2.24, 2.45) is 0 Å². The minimum absolute atomic E-state index is 0.466. The minimum Gasteiger partial charge on any atom is -0.404 e. The molecule has 1 saturated heterocycles. The van der Waals surface area contributed by atoms with Crippen LogP contribution in [-0.2, 0) is 0 Å². The third kappa shape index (κ3) is 1.53. The van der Waals surface area contributed by atoms with Gasteiger partial charge in [-0.15, -0.1) is 0 Å². The second kappa shape index (κ2) is 3.75.